The van der Waals surface area contributed by atoms with Crippen LogP contribution in [-0.4, -0.2) is 43.4 Å². The number of fused-ring (bicyclic) bond motifs is 1. The standard InChI is InChI=1S/C21H20N4O3/c1-14-4-2-7-18-17(14)8-10-25(19(18)21(27)28)20(26)16-6-3-5-15(12-16)13-24-11-9-22-23-24/h2-7,9,11-12,19H,8,10,13H2,1H3,(H,27,28). The summed E-state index contributed by atoms with van der Waals surface area (Å²) in [6, 6.07) is 11.9. The molecule has 1 unspecified atom stereocenters. The zero-order valence-corrected chi connectivity index (χ0v) is 15.4. The number of hydrogen-bond acceptors (Lipinski definition) is 4. The molecule has 0 fully saturated rings. The molecule has 28 heavy (non-hydrogen) atoms. The van der Waals surface area contributed by atoms with Gasteiger partial charge < -0.3 is 10.0 Å². The molecule has 2 aromatic carbocycles. The Labute approximate surface area is 162 Å². The highest BCUT2D eigenvalue weighted by Crippen LogP contribution is 2.33. The molecule has 142 valence electrons. The summed E-state index contributed by atoms with van der Waals surface area (Å²) in [6.45, 7) is 2.84. The molecule has 0 bridgehead atoms. The number of carboxylic acid groups (broad SMARTS) is 1. The van der Waals surface area contributed by atoms with Gasteiger partial charge in [0.25, 0.3) is 5.91 Å². The Morgan fingerprint density at radius 1 is 1.21 bits per heavy atom. The molecule has 1 aromatic heterocycles. The van der Waals surface area contributed by atoms with E-state index in [1.165, 1.54) is 4.90 Å². The molecule has 0 saturated carbocycles. The van der Waals surface area contributed by atoms with Gasteiger partial charge in [-0.15, -0.1) is 5.10 Å². The quantitative estimate of drug-likeness (QED) is 0.756. The Balaban J connectivity index is 1.65. The average molecular weight is 376 g/mol. The Bertz CT molecular complexity index is 1030. The predicted octanol–water partition coefficient (Wildman–Crippen LogP) is 2.46. The Morgan fingerprint density at radius 2 is 2.04 bits per heavy atom. The van der Waals surface area contributed by atoms with Crippen LogP contribution in [0.25, 0.3) is 0 Å². The zero-order valence-electron chi connectivity index (χ0n) is 15.4. The van der Waals surface area contributed by atoms with Crippen molar-refractivity contribution >= 4 is 11.9 Å². The summed E-state index contributed by atoms with van der Waals surface area (Å²) in [5, 5.41) is 17.6. The van der Waals surface area contributed by atoms with Gasteiger partial charge in [-0.3, -0.25) is 4.79 Å². The van der Waals surface area contributed by atoms with Gasteiger partial charge in [-0.1, -0.05) is 35.5 Å². The van der Waals surface area contributed by atoms with Crippen molar-refractivity contribution in [3.8, 4) is 0 Å². The van der Waals surface area contributed by atoms with Crippen molar-refractivity contribution in [1.29, 1.82) is 0 Å². The van der Waals surface area contributed by atoms with Gasteiger partial charge in [-0.2, -0.15) is 0 Å². The first kappa shape index (κ1) is 17.9. The van der Waals surface area contributed by atoms with Gasteiger partial charge in [0.1, 0.15) is 0 Å². The molecule has 1 amide bonds. The minimum atomic E-state index is -1.02. The molecular formula is C21H20N4O3. The van der Waals surface area contributed by atoms with Crippen molar-refractivity contribution in [3.63, 3.8) is 0 Å². The van der Waals surface area contributed by atoms with Crippen molar-refractivity contribution < 1.29 is 14.7 Å². The number of amides is 1. The fourth-order valence-electron chi connectivity index (χ4n) is 3.81. The van der Waals surface area contributed by atoms with Gasteiger partial charge in [0.2, 0.25) is 0 Å². The van der Waals surface area contributed by atoms with Crippen molar-refractivity contribution in [3.05, 3.63) is 82.7 Å². The van der Waals surface area contributed by atoms with E-state index in [-0.39, 0.29) is 5.91 Å². The summed E-state index contributed by atoms with van der Waals surface area (Å²) >= 11 is 0. The maximum atomic E-state index is 13.2. The Morgan fingerprint density at radius 3 is 2.79 bits per heavy atom. The van der Waals surface area contributed by atoms with Crippen LogP contribution in [0.1, 0.15) is 38.7 Å². The number of carboxylic acids is 1. The highest BCUT2D eigenvalue weighted by molar-refractivity contribution is 5.97. The van der Waals surface area contributed by atoms with Crippen LogP contribution < -0.4 is 0 Å². The molecule has 7 heteroatoms. The second kappa shape index (κ2) is 7.26. The topological polar surface area (TPSA) is 88.3 Å². The number of rotatable bonds is 4. The van der Waals surface area contributed by atoms with Crippen LogP contribution in [0.15, 0.2) is 54.9 Å². The molecule has 0 spiro atoms. The molecule has 1 aliphatic heterocycles. The maximum absolute atomic E-state index is 13.2. The normalized spacial score (nSPS) is 15.9. The number of carbonyl (C=O) groups is 2. The van der Waals surface area contributed by atoms with E-state index in [9.17, 15) is 14.7 Å². The van der Waals surface area contributed by atoms with E-state index < -0.39 is 12.0 Å². The highest BCUT2D eigenvalue weighted by Gasteiger charge is 2.36. The third-order valence-corrected chi connectivity index (χ3v) is 5.14. The van der Waals surface area contributed by atoms with E-state index >= 15 is 0 Å². The predicted molar refractivity (Wildman–Crippen MR) is 102 cm³/mol. The monoisotopic (exact) mass is 376 g/mol. The van der Waals surface area contributed by atoms with Crippen molar-refractivity contribution in [2.75, 3.05) is 6.54 Å². The smallest absolute Gasteiger partial charge is 0.331 e. The summed E-state index contributed by atoms with van der Waals surface area (Å²) in [7, 11) is 0. The van der Waals surface area contributed by atoms with Crippen LogP contribution >= 0.6 is 0 Å². The molecule has 3 aromatic rings. The van der Waals surface area contributed by atoms with E-state index in [4.69, 9.17) is 0 Å². The lowest BCUT2D eigenvalue weighted by molar-refractivity contribution is -0.143. The number of carbonyl (C=O) groups excluding carboxylic acids is 1. The molecule has 4 rings (SSSR count). The average Bonchev–Trinajstić information content (AvgIpc) is 3.20. The van der Waals surface area contributed by atoms with Crippen LogP contribution in [-0.2, 0) is 17.8 Å². The second-order valence-corrected chi connectivity index (χ2v) is 6.93. The van der Waals surface area contributed by atoms with E-state index in [1.54, 1.807) is 35.3 Å². The number of hydrogen-bond donors (Lipinski definition) is 1. The number of aliphatic carboxylic acids is 1. The first-order valence-corrected chi connectivity index (χ1v) is 9.10. The summed E-state index contributed by atoms with van der Waals surface area (Å²) < 4.78 is 1.67. The van der Waals surface area contributed by atoms with Crippen molar-refractivity contribution in [1.82, 2.24) is 19.9 Å². The minimum absolute atomic E-state index is 0.278. The number of aryl methyl sites for hydroxylation is 1. The van der Waals surface area contributed by atoms with Gasteiger partial charge in [0.15, 0.2) is 6.04 Å². The molecule has 0 saturated heterocycles. The van der Waals surface area contributed by atoms with E-state index in [1.807, 2.05) is 31.2 Å². The van der Waals surface area contributed by atoms with Gasteiger partial charge in [0.05, 0.1) is 12.7 Å². The van der Waals surface area contributed by atoms with Gasteiger partial charge in [0, 0.05) is 18.3 Å². The first-order valence-electron chi connectivity index (χ1n) is 9.10. The summed E-state index contributed by atoms with van der Waals surface area (Å²) in [4.78, 5) is 26.7. The highest BCUT2D eigenvalue weighted by atomic mass is 16.4. The molecular weight excluding hydrogens is 356 g/mol. The molecule has 1 aliphatic rings. The van der Waals surface area contributed by atoms with Crippen LogP contribution in [0.5, 0.6) is 0 Å². The third kappa shape index (κ3) is 3.26. The lowest BCUT2D eigenvalue weighted by Crippen LogP contribution is -2.43. The number of aromatic nitrogens is 3. The van der Waals surface area contributed by atoms with Crippen LogP contribution in [0, 0.1) is 6.92 Å². The summed E-state index contributed by atoms with van der Waals surface area (Å²) in [6.07, 6.45) is 3.99. The first-order chi connectivity index (χ1) is 13.5. The SMILES string of the molecule is Cc1cccc2c1CCN(C(=O)c1cccc(Cn3ccnn3)c1)C2C(=O)O. The fourth-order valence-corrected chi connectivity index (χ4v) is 3.81. The van der Waals surface area contributed by atoms with Crippen molar-refractivity contribution in [2.45, 2.75) is 25.9 Å². The van der Waals surface area contributed by atoms with Gasteiger partial charge in [-0.05, 0) is 47.7 Å². The maximum Gasteiger partial charge on any atom is 0.331 e. The Hall–Kier alpha value is -3.48. The van der Waals surface area contributed by atoms with Gasteiger partial charge in [-0.25, -0.2) is 9.48 Å². The molecule has 0 aliphatic carbocycles. The molecule has 7 nitrogen and oxygen atoms in total. The summed E-state index contributed by atoms with van der Waals surface area (Å²) in [5.74, 6) is -1.29. The van der Waals surface area contributed by atoms with Crippen molar-refractivity contribution in [2.24, 2.45) is 0 Å². The summed E-state index contributed by atoms with van der Waals surface area (Å²) in [5.41, 5.74) is 4.16. The number of nitrogens with zero attached hydrogens (tertiary/aromatic N) is 4. The van der Waals surface area contributed by atoms with E-state index in [0.717, 1.165) is 16.7 Å². The third-order valence-electron chi connectivity index (χ3n) is 5.14. The Kier molecular flexibility index (Phi) is 4.65. The van der Waals surface area contributed by atoms with Crippen LogP contribution in [0.3, 0.4) is 0 Å². The van der Waals surface area contributed by atoms with Crippen LogP contribution in [0.2, 0.25) is 0 Å². The lowest BCUT2D eigenvalue weighted by Gasteiger charge is -2.35. The second-order valence-electron chi connectivity index (χ2n) is 6.93. The largest absolute Gasteiger partial charge is 0.479 e. The van der Waals surface area contributed by atoms with Gasteiger partial charge >= 0.3 is 5.97 Å². The molecule has 2 heterocycles. The minimum Gasteiger partial charge on any atom is -0.479 e. The molecule has 1 atom stereocenters. The molecule has 1 N–H and O–H groups in total. The molecule has 0 radical (unpaired) electrons. The fraction of sp³-hybridized carbons (Fsp3) is 0.238. The lowest BCUT2D eigenvalue weighted by atomic mass is 9.89. The van der Waals surface area contributed by atoms with E-state index in [0.29, 0.717) is 30.6 Å². The van der Waals surface area contributed by atoms with Crippen LogP contribution in [0.4, 0.5) is 0 Å². The number of benzene rings is 2. The van der Waals surface area contributed by atoms with E-state index in [2.05, 4.69) is 10.3 Å². The zero-order chi connectivity index (χ0) is 19.7.